The maximum atomic E-state index is 11.6. The Kier molecular flexibility index (Phi) is 4.54. The Morgan fingerprint density at radius 3 is 3.00 bits per heavy atom. The zero-order valence-electron chi connectivity index (χ0n) is 11.3. The van der Waals surface area contributed by atoms with E-state index in [2.05, 4.69) is 20.7 Å². The fourth-order valence-electron chi connectivity index (χ4n) is 2.62. The maximum absolute atomic E-state index is 11.6. The second-order valence-electron chi connectivity index (χ2n) is 5.10. The van der Waals surface area contributed by atoms with Crippen molar-refractivity contribution in [3.63, 3.8) is 0 Å². The van der Waals surface area contributed by atoms with E-state index in [1.165, 1.54) is 6.26 Å². The van der Waals surface area contributed by atoms with Gasteiger partial charge in [-0.15, -0.1) is 0 Å². The first-order chi connectivity index (χ1) is 9.00. The van der Waals surface area contributed by atoms with E-state index >= 15 is 0 Å². The van der Waals surface area contributed by atoms with Gasteiger partial charge in [0.25, 0.3) is 0 Å². The number of rotatable bonds is 5. The molecule has 1 saturated heterocycles. The van der Waals surface area contributed by atoms with E-state index in [9.17, 15) is 8.42 Å². The number of hydrogen-bond acceptors (Lipinski definition) is 5. The van der Waals surface area contributed by atoms with E-state index < -0.39 is 10.0 Å². The zero-order valence-corrected chi connectivity index (χ0v) is 12.2. The molecule has 0 aromatic carbocycles. The lowest BCUT2D eigenvalue weighted by Crippen LogP contribution is -2.40. The van der Waals surface area contributed by atoms with Crippen molar-refractivity contribution in [2.75, 3.05) is 26.4 Å². The van der Waals surface area contributed by atoms with Gasteiger partial charge in [-0.2, -0.15) is 15.4 Å². The molecule has 1 aliphatic rings. The summed E-state index contributed by atoms with van der Waals surface area (Å²) in [5.41, 5.74) is 0.874. The molecule has 0 bridgehead atoms. The Bertz CT molecular complexity index is 487. The van der Waals surface area contributed by atoms with Crippen LogP contribution in [0.4, 0.5) is 0 Å². The molecular weight excluding hydrogens is 266 g/mol. The highest BCUT2D eigenvalue weighted by Gasteiger charge is 2.28. The summed E-state index contributed by atoms with van der Waals surface area (Å²) in [6.07, 6.45) is 5.84. The van der Waals surface area contributed by atoms with Gasteiger partial charge in [0.1, 0.15) is 0 Å². The Hall–Kier alpha value is -0.990. The molecule has 0 saturated carbocycles. The molecule has 8 heteroatoms. The number of hydrogen-bond donors (Lipinski definition) is 2. The summed E-state index contributed by atoms with van der Waals surface area (Å²) in [7, 11) is -1.19. The van der Waals surface area contributed by atoms with Gasteiger partial charge in [-0.25, -0.2) is 12.7 Å². The molecular formula is C11H21N5O2S. The van der Waals surface area contributed by atoms with Crippen molar-refractivity contribution in [1.29, 1.82) is 0 Å². The van der Waals surface area contributed by atoms with E-state index in [1.807, 2.05) is 7.05 Å². The molecule has 2 heterocycles. The first-order valence-electron chi connectivity index (χ1n) is 6.48. The lowest BCUT2D eigenvalue weighted by Gasteiger charge is -2.32. The lowest BCUT2D eigenvalue weighted by atomic mass is 9.91. The second-order valence-corrected chi connectivity index (χ2v) is 7.08. The predicted molar refractivity (Wildman–Crippen MR) is 71.9 cm³/mol. The molecule has 19 heavy (non-hydrogen) atoms. The van der Waals surface area contributed by atoms with Crippen LogP contribution >= 0.6 is 0 Å². The molecule has 0 radical (unpaired) electrons. The molecule has 2 rings (SSSR count). The third-order valence-electron chi connectivity index (χ3n) is 3.66. The van der Waals surface area contributed by atoms with Crippen molar-refractivity contribution in [2.45, 2.75) is 25.3 Å². The van der Waals surface area contributed by atoms with E-state index in [0.29, 0.717) is 19.0 Å². The fourth-order valence-corrected chi connectivity index (χ4v) is 3.56. The summed E-state index contributed by atoms with van der Waals surface area (Å²) < 4.78 is 24.8. The molecule has 1 aromatic heterocycles. The minimum Gasteiger partial charge on any atom is -0.312 e. The van der Waals surface area contributed by atoms with Crippen LogP contribution in [0.15, 0.2) is 6.20 Å². The molecule has 1 aliphatic heterocycles. The van der Waals surface area contributed by atoms with Crippen molar-refractivity contribution < 1.29 is 8.42 Å². The minimum absolute atomic E-state index is 0.114. The molecule has 0 aliphatic carbocycles. The number of aromatic amines is 1. The van der Waals surface area contributed by atoms with Crippen molar-refractivity contribution in [3.8, 4) is 0 Å². The highest BCUT2D eigenvalue weighted by atomic mass is 32.2. The number of aromatic nitrogens is 3. The summed E-state index contributed by atoms with van der Waals surface area (Å²) in [5.74, 6) is 0.359. The molecule has 1 fully saturated rings. The van der Waals surface area contributed by atoms with Gasteiger partial charge in [-0.1, -0.05) is 0 Å². The lowest BCUT2D eigenvalue weighted by molar-refractivity contribution is 0.239. The van der Waals surface area contributed by atoms with E-state index in [1.54, 1.807) is 10.5 Å². The van der Waals surface area contributed by atoms with Crippen molar-refractivity contribution in [1.82, 2.24) is 25.0 Å². The standard InChI is InChI=1S/C11H21N5O2S/c1-12-10(11-7-13-15-14-11)6-9-4-3-5-16(8-9)19(2,17)18/h7,9-10,12H,3-6,8H2,1-2H3,(H,13,14,15). The van der Waals surface area contributed by atoms with E-state index in [4.69, 9.17) is 0 Å². The van der Waals surface area contributed by atoms with Gasteiger partial charge in [-0.05, 0) is 32.2 Å². The summed E-state index contributed by atoms with van der Waals surface area (Å²) in [6, 6.07) is 0.114. The van der Waals surface area contributed by atoms with Crippen molar-refractivity contribution in [2.24, 2.45) is 5.92 Å². The summed E-state index contributed by atoms with van der Waals surface area (Å²) >= 11 is 0. The maximum Gasteiger partial charge on any atom is 0.211 e. The minimum atomic E-state index is -3.08. The van der Waals surface area contributed by atoms with Crippen LogP contribution in [0.1, 0.15) is 31.0 Å². The average molecular weight is 287 g/mol. The molecule has 1 aromatic rings. The Morgan fingerprint density at radius 2 is 2.42 bits per heavy atom. The van der Waals surface area contributed by atoms with Crippen LogP contribution in [0.5, 0.6) is 0 Å². The fraction of sp³-hybridized carbons (Fsp3) is 0.818. The smallest absolute Gasteiger partial charge is 0.211 e. The number of H-pyrrole nitrogens is 1. The number of nitrogens with one attached hydrogen (secondary N) is 2. The Labute approximate surface area is 113 Å². The quantitative estimate of drug-likeness (QED) is 0.803. The Balaban J connectivity index is 1.98. The number of sulfonamides is 1. The van der Waals surface area contributed by atoms with Gasteiger partial charge in [0.05, 0.1) is 24.2 Å². The highest BCUT2D eigenvalue weighted by molar-refractivity contribution is 7.88. The van der Waals surface area contributed by atoms with Crippen LogP contribution in [-0.4, -0.2) is 54.5 Å². The van der Waals surface area contributed by atoms with Crippen LogP contribution in [-0.2, 0) is 10.0 Å². The number of nitrogens with zero attached hydrogens (tertiary/aromatic N) is 3. The van der Waals surface area contributed by atoms with Crippen molar-refractivity contribution in [3.05, 3.63) is 11.9 Å². The van der Waals surface area contributed by atoms with Gasteiger partial charge in [-0.3, -0.25) is 0 Å². The molecule has 2 atom stereocenters. The van der Waals surface area contributed by atoms with Crippen LogP contribution in [0.25, 0.3) is 0 Å². The normalized spacial score (nSPS) is 23.4. The summed E-state index contributed by atoms with van der Waals surface area (Å²) in [4.78, 5) is 0. The molecule has 7 nitrogen and oxygen atoms in total. The Morgan fingerprint density at radius 1 is 1.63 bits per heavy atom. The van der Waals surface area contributed by atoms with Crippen LogP contribution in [0.3, 0.4) is 0 Å². The zero-order chi connectivity index (χ0) is 13.9. The largest absolute Gasteiger partial charge is 0.312 e. The van der Waals surface area contributed by atoms with Crippen molar-refractivity contribution >= 4 is 10.0 Å². The molecule has 0 spiro atoms. The highest BCUT2D eigenvalue weighted by Crippen LogP contribution is 2.27. The summed E-state index contributed by atoms with van der Waals surface area (Å²) in [6.45, 7) is 1.25. The molecule has 2 N–H and O–H groups in total. The second kappa shape index (κ2) is 5.98. The SMILES string of the molecule is CNC(CC1CCCN(S(C)(=O)=O)C1)c1cn[nH]n1. The third kappa shape index (κ3) is 3.74. The third-order valence-corrected chi connectivity index (χ3v) is 4.93. The number of piperidine rings is 1. The van der Waals surface area contributed by atoms with Gasteiger partial charge >= 0.3 is 0 Å². The van der Waals surface area contributed by atoms with Gasteiger partial charge in [0, 0.05) is 13.1 Å². The molecule has 108 valence electrons. The molecule has 2 unspecified atom stereocenters. The van der Waals surface area contributed by atoms with E-state index in [-0.39, 0.29) is 6.04 Å². The molecule has 0 amide bonds. The van der Waals surface area contributed by atoms with Crippen LogP contribution in [0, 0.1) is 5.92 Å². The topological polar surface area (TPSA) is 91.0 Å². The van der Waals surface area contributed by atoms with Crippen LogP contribution < -0.4 is 5.32 Å². The first-order valence-corrected chi connectivity index (χ1v) is 8.33. The monoisotopic (exact) mass is 287 g/mol. The first kappa shape index (κ1) is 14.4. The summed E-state index contributed by atoms with van der Waals surface area (Å²) in [5, 5.41) is 13.7. The average Bonchev–Trinajstić information content (AvgIpc) is 2.89. The predicted octanol–water partition coefficient (Wildman–Crippen LogP) is 0.127. The van der Waals surface area contributed by atoms with Gasteiger partial charge in [0.2, 0.25) is 10.0 Å². The van der Waals surface area contributed by atoms with Gasteiger partial charge in [0.15, 0.2) is 0 Å². The van der Waals surface area contributed by atoms with Gasteiger partial charge < -0.3 is 5.32 Å². The van der Waals surface area contributed by atoms with E-state index in [0.717, 1.165) is 25.0 Å². The van der Waals surface area contributed by atoms with Crippen LogP contribution in [0.2, 0.25) is 0 Å².